The second-order valence-electron chi connectivity index (χ2n) is 4.79. The van der Waals surface area contributed by atoms with Crippen molar-refractivity contribution in [1.29, 1.82) is 5.26 Å². The molecule has 3 aliphatic rings. The molecule has 4 rings (SSSR count). The van der Waals surface area contributed by atoms with Crippen LogP contribution in [-0.2, 0) is 0 Å². The number of pyridine rings is 1. The maximum absolute atomic E-state index is 8.83. The molecule has 88 valence electrons. The van der Waals surface area contributed by atoms with E-state index in [0.29, 0.717) is 17.4 Å². The number of hydrogen-bond donors (Lipinski definition) is 0. The van der Waals surface area contributed by atoms with E-state index in [9.17, 15) is 0 Å². The van der Waals surface area contributed by atoms with Crippen LogP contribution in [0.2, 0.25) is 0 Å². The number of piperidine rings is 3. The molecule has 4 nitrogen and oxygen atoms in total. The molecule has 0 aliphatic carbocycles. The van der Waals surface area contributed by atoms with Gasteiger partial charge in [0.05, 0.1) is 11.6 Å². The molecule has 0 amide bonds. The monoisotopic (exact) mass is 229 g/mol. The summed E-state index contributed by atoms with van der Waals surface area (Å²) in [6.07, 6.45) is 4.33. The lowest BCUT2D eigenvalue weighted by Crippen LogP contribution is -2.52. The van der Waals surface area contributed by atoms with Crippen molar-refractivity contribution in [3.63, 3.8) is 0 Å². The summed E-state index contributed by atoms with van der Waals surface area (Å²) in [6, 6.07) is 5.53. The number of hydrogen-bond acceptors (Lipinski definition) is 4. The van der Waals surface area contributed by atoms with Gasteiger partial charge in [-0.3, -0.25) is 4.90 Å². The van der Waals surface area contributed by atoms with Crippen LogP contribution in [0.1, 0.15) is 18.4 Å². The van der Waals surface area contributed by atoms with E-state index >= 15 is 0 Å². The molecule has 2 bridgehead atoms. The zero-order valence-electron chi connectivity index (χ0n) is 9.67. The highest BCUT2D eigenvalue weighted by Crippen LogP contribution is 2.30. The maximum atomic E-state index is 8.83. The van der Waals surface area contributed by atoms with Crippen molar-refractivity contribution in [1.82, 2.24) is 9.88 Å². The Morgan fingerprint density at radius 3 is 2.88 bits per heavy atom. The minimum atomic E-state index is 0.249. The Labute approximate surface area is 101 Å². The average molecular weight is 229 g/mol. The lowest BCUT2D eigenvalue weighted by Gasteiger charge is -2.44. The van der Waals surface area contributed by atoms with Crippen molar-refractivity contribution in [3.8, 4) is 11.9 Å². The van der Waals surface area contributed by atoms with E-state index in [2.05, 4.69) is 16.0 Å². The summed E-state index contributed by atoms with van der Waals surface area (Å²) in [5.74, 6) is 1.25. The first kappa shape index (κ1) is 10.5. The Morgan fingerprint density at radius 1 is 1.41 bits per heavy atom. The second kappa shape index (κ2) is 4.34. The molecule has 0 N–H and O–H groups in total. The fraction of sp³-hybridized carbons (Fsp3) is 0.538. The molecule has 3 saturated heterocycles. The van der Waals surface area contributed by atoms with Crippen molar-refractivity contribution in [2.75, 3.05) is 19.6 Å². The molecule has 4 heteroatoms. The Hall–Kier alpha value is -1.60. The minimum absolute atomic E-state index is 0.249. The van der Waals surface area contributed by atoms with Gasteiger partial charge in [-0.05, 0) is 37.9 Å². The van der Waals surface area contributed by atoms with E-state index in [0.717, 1.165) is 6.54 Å². The van der Waals surface area contributed by atoms with E-state index in [1.54, 1.807) is 18.3 Å². The zero-order chi connectivity index (χ0) is 11.7. The summed E-state index contributed by atoms with van der Waals surface area (Å²) in [4.78, 5) is 6.62. The molecule has 1 atom stereocenters. The molecule has 0 spiro atoms. The number of fused-ring (bicyclic) bond motifs is 3. The first-order valence-electron chi connectivity index (χ1n) is 6.10. The predicted molar refractivity (Wildman–Crippen MR) is 62.5 cm³/mol. The second-order valence-corrected chi connectivity index (χ2v) is 4.79. The van der Waals surface area contributed by atoms with Crippen LogP contribution in [0, 0.1) is 17.2 Å². The molecule has 3 aliphatic heterocycles. The van der Waals surface area contributed by atoms with Gasteiger partial charge in [-0.2, -0.15) is 5.26 Å². The van der Waals surface area contributed by atoms with Crippen LogP contribution in [0.15, 0.2) is 18.3 Å². The van der Waals surface area contributed by atoms with Crippen LogP contribution in [0.4, 0.5) is 0 Å². The molecular formula is C13H15N3O. The normalized spacial score (nSPS) is 30.9. The third kappa shape index (κ3) is 2.11. The molecule has 4 heterocycles. The summed E-state index contributed by atoms with van der Waals surface area (Å²) in [5, 5.41) is 8.83. The van der Waals surface area contributed by atoms with E-state index in [-0.39, 0.29) is 6.10 Å². The SMILES string of the molecule is N#Cc1ccnc(OC2CN3CCC2CC3)c1. The largest absolute Gasteiger partial charge is 0.473 e. The quantitative estimate of drug-likeness (QED) is 0.769. The number of rotatable bonds is 2. The van der Waals surface area contributed by atoms with E-state index in [1.165, 1.54) is 25.9 Å². The summed E-state index contributed by atoms with van der Waals surface area (Å²) in [5.41, 5.74) is 0.608. The van der Waals surface area contributed by atoms with Crippen molar-refractivity contribution >= 4 is 0 Å². The van der Waals surface area contributed by atoms with Crippen molar-refractivity contribution in [2.24, 2.45) is 5.92 Å². The van der Waals surface area contributed by atoms with Crippen molar-refractivity contribution in [3.05, 3.63) is 23.9 Å². The summed E-state index contributed by atoms with van der Waals surface area (Å²) >= 11 is 0. The van der Waals surface area contributed by atoms with Crippen molar-refractivity contribution in [2.45, 2.75) is 18.9 Å². The molecule has 0 radical (unpaired) electrons. The summed E-state index contributed by atoms with van der Waals surface area (Å²) in [6.45, 7) is 3.41. The highest BCUT2D eigenvalue weighted by Gasteiger charge is 2.35. The average Bonchev–Trinajstić information content (AvgIpc) is 2.40. The first-order chi connectivity index (χ1) is 8.35. The molecule has 1 aromatic rings. The standard InChI is InChI=1S/C13H15N3O/c14-8-10-1-4-15-13(7-10)17-12-9-16-5-2-11(12)3-6-16/h1,4,7,11-12H,2-3,5-6,9H2. The fourth-order valence-electron chi connectivity index (χ4n) is 2.74. The fourth-order valence-corrected chi connectivity index (χ4v) is 2.74. The van der Waals surface area contributed by atoms with Crippen LogP contribution in [0.3, 0.4) is 0 Å². The van der Waals surface area contributed by atoms with Crippen molar-refractivity contribution < 1.29 is 4.74 Å². The van der Waals surface area contributed by atoms with Gasteiger partial charge in [-0.25, -0.2) is 4.98 Å². The van der Waals surface area contributed by atoms with Gasteiger partial charge in [0.25, 0.3) is 0 Å². The summed E-state index contributed by atoms with van der Waals surface area (Å²) in [7, 11) is 0. The summed E-state index contributed by atoms with van der Waals surface area (Å²) < 4.78 is 5.93. The molecular weight excluding hydrogens is 214 g/mol. The van der Waals surface area contributed by atoms with Crippen LogP contribution < -0.4 is 4.74 Å². The Kier molecular flexibility index (Phi) is 2.69. The Bertz CT molecular complexity index is 446. The topological polar surface area (TPSA) is 49.1 Å². The van der Waals surface area contributed by atoms with E-state index in [4.69, 9.17) is 10.00 Å². The van der Waals surface area contributed by atoms with Gasteiger partial charge in [0.15, 0.2) is 0 Å². The van der Waals surface area contributed by atoms with Gasteiger partial charge in [-0.15, -0.1) is 0 Å². The Morgan fingerprint density at radius 2 is 2.24 bits per heavy atom. The Balaban J connectivity index is 1.72. The molecule has 0 saturated carbocycles. The maximum Gasteiger partial charge on any atom is 0.214 e. The van der Waals surface area contributed by atoms with Gasteiger partial charge in [0.2, 0.25) is 5.88 Å². The predicted octanol–water partition coefficient (Wildman–Crippen LogP) is 1.43. The number of nitrogens with zero attached hydrogens (tertiary/aromatic N) is 3. The highest BCUT2D eigenvalue weighted by molar-refractivity contribution is 5.31. The molecule has 3 fully saturated rings. The minimum Gasteiger partial charge on any atom is -0.473 e. The first-order valence-corrected chi connectivity index (χ1v) is 6.10. The third-order valence-corrected chi connectivity index (χ3v) is 3.73. The van der Waals surface area contributed by atoms with Crippen LogP contribution in [0.25, 0.3) is 0 Å². The molecule has 0 aromatic carbocycles. The molecule has 1 aromatic heterocycles. The lowest BCUT2D eigenvalue weighted by atomic mass is 9.86. The van der Waals surface area contributed by atoms with Gasteiger partial charge >= 0.3 is 0 Å². The van der Waals surface area contributed by atoms with Gasteiger partial charge in [-0.1, -0.05) is 0 Å². The lowest BCUT2D eigenvalue weighted by molar-refractivity contribution is -0.00994. The van der Waals surface area contributed by atoms with Gasteiger partial charge in [0, 0.05) is 18.8 Å². The van der Waals surface area contributed by atoms with E-state index in [1.807, 2.05) is 0 Å². The molecule has 17 heavy (non-hydrogen) atoms. The van der Waals surface area contributed by atoms with Crippen LogP contribution in [-0.4, -0.2) is 35.6 Å². The van der Waals surface area contributed by atoms with Gasteiger partial charge < -0.3 is 4.74 Å². The number of aromatic nitrogens is 1. The van der Waals surface area contributed by atoms with Crippen LogP contribution >= 0.6 is 0 Å². The third-order valence-electron chi connectivity index (χ3n) is 3.73. The molecule has 1 unspecified atom stereocenters. The number of ether oxygens (including phenoxy) is 1. The zero-order valence-corrected chi connectivity index (χ0v) is 9.67. The highest BCUT2D eigenvalue weighted by atomic mass is 16.5. The van der Waals surface area contributed by atoms with Crippen LogP contribution in [0.5, 0.6) is 5.88 Å². The van der Waals surface area contributed by atoms with Gasteiger partial charge in [0.1, 0.15) is 6.10 Å². The smallest absolute Gasteiger partial charge is 0.214 e. The number of nitriles is 1. The van der Waals surface area contributed by atoms with E-state index < -0.39 is 0 Å².